The van der Waals surface area contributed by atoms with E-state index in [1.807, 2.05) is 50.2 Å². The third-order valence-corrected chi connectivity index (χ3v) is 4.23. The zero-order valence-corrected chi connectivity index (χ0v) is 14.9. The Kier molecular flexibility index (Phi) is 5.46. The van der Waals surface area contributed by atoms with E-state index in [0.717, 1.165) is 11.1 Å². The molecule has 0 aliphatic rings. The molecule has 0 saturated heterocycles. The second-order valence-electron chi connectivity index (χ2n) is 6.10. The fourth-order valence-electron chi connectivity index (χ4n) is 2.78. The molecule has 0 saturated carbocycles. The van der Waals surface area contributed by atoms with Crippen LogP contribution in [-0.4, -0.2) is 22.3 Å². The van der Waals surface area contributed by atoms with Gasteiger partial charge in [0.15, 0.2) is 0 Å². The van der Waals surface area contributed by atoms with Gasteiger partial charge >= 0.3 is 0 Å². The Labute approximate surface area is 152 Å². The fraction of sp³-hybridized carbons (Fsp3) is 0.238. The molecule has 0 N–H and O–H groups in total. The van der Waals surface area contributed by atoms with Crippen molar-refractivity contribution in [1.29, 1.82) is 0 Å². The second kappa shape index (κ2) is 7.95. The van der Waals surface area contributed by atoms with Crippen LogP contribution in [0.2, 0.25) is 0 Å². The Morgan fingerprint density at radius 3 is 2.62 bits per heavy atom. The van der Waals surface area contributed by atoms with E-state index in [1.54, 1.807) is 11.0 Å². The van der Waals surface area contributed by atoms with E-state index in [0.29, 0.717) is 30.4 Å². The number of oxazole rings is 1. The zero-order valence-electron chi connectivity index (χ0n) is 14.9. The molecule has 3 rings (SSSR count). The summed E-state index contributed by atoms with van der Waals surface area (Å²) in [5.41, 5.74) is 2.27. The van der Waals surface area contributed by atoms with Crippen LogP contribution in [0.15, 0.2) is 59.0 Å². The molecule has 0 aliphatic heterocycles. The molecule has 0 atom stereocenters. The molecule has 26 heavy (non-hydrogen) atoms. The van der Waals surface area contributed by atoms with E-state index in [1.165, 1.54) is 12.1 Å². The normalized spacial score (nSPS) is 10.7. The van der Waals surface area contributed by atoms with Crippen LogP contribution < -0.4 is 0 Å². The molecule has 5 heteroatoms. The summed E-state index contributed by atoms with van der Waals surface area (Å²) in [5, 5.41) is 0. The number of nitrogens with zero attached hydrogens (tertiary/aromatic N) is 2. The van der Waals surface area contributed by atoms with Crippen molar-refractivity contribution in [3.8, 4) is 11.5 Å². The zero-order chi connectivity index (χ0) is 18.5. The number of rotatable bonds is 6. The minimum absolute atomic E-state index is 0.0622. The average molecular weight is 352 g/mol. The first-order valence-corrected chi connectivity index (χ1v) is 8.60. The van der Waals surface area contributed by atoms with E-state index in [2.05, 4.69) is 4.98 Å². The minimum atomic E-state index is -0.300. The number of carbonyl (C=O) groups is 1. The van der Waals surface area contributed by atoms with Crippen molar-refractivity contribution in [1.82, 2.24) is 9.88 Å². The number of amides is 1. The first-order valence-electron chi connectivity index (χ1n) is 8.60. The number of aromatic nitrogens is 1. The summed E-state index contributed by atoms with van der Waals surface area (Å²) in [4.78, 5) is 18.9. The monoisotopic (exact) mass is 352 g/mol. The van der Waals surface area contributed by atoms with Gasteiger partial charge in [-0.05, 0) is 43.7 Å². The molecule has 4 nitrogen and oxygen atoms in total. The van der Waals surface area contributed by atoms with Crippen LogP contribution in [-0.2, 0) is 17.8 Å². The van der Waals surface area contributed by atoms with Crippen LogP contribution in [0.25, 0.3) is 11.5 Å². The van der Waals surface area contributed by atoms with Crippen LogP contribution in [0.4, 0.5) is 4.39 Å². The first kappa shape index (κ1) is 17.9. The van der Waals surface area contributed by atoms with E-state index < -0.39 is 0 Å². The quantitative estimate of drug-likeness (QED) is 0.661. The maximum Gasteiger partial charge on any atom is 0.229 e. The maximum absolute atomic E-state index is 13.4. The van der Waals surface area contributed by atoms with E-state index in [9.17, 15) is 9.18 Å². The lowest BCUT2D eigenvalue weighted by Gasteiger charge is -2.20. The molecule has 1 heterocycles. The lowest BCUT2D eigenvalue weighted by molar-refractivity contribution is -0.130. The van der Waals surface area contributed by atoms with E-state index in [4.69, 9.17) is 4.42 Å². The van der Waals surface area contributed by atoms with Gasteiger partial charge < -0.3 is 9.32 Å². The summed E-state index contributed by atoms with van der Waals surface area (Å²) < 4.78 is 19.1. The lowest BCUT2D eigenvalue weighted by atomic mass is 10.2. The molecule has 134 valence electrons. The molecule has 0 aliphatic carbocycles. The van der Waals surface area contributed by atoms with Crippen molar-refractivity contribution in [2.45, 2.75) is 26.8 Å². The van der Waals surface area contributed by atoms with Crippen LogP contribution in [0.3, 0.4) is 0 Å². The highest BCUT2D eigenvalue weighted by atomic mass is 19.1. The van der Waals surface area contributed by atoms with Crippen molar-refractivity contribution >= 4 is 5.91 Å². The molecule has 2 aromatic carbocycles. The molecule has 0 radical (unpaired) electrons. The van der Waals surface area contributed by atoms with Gasteiger partial charge in [0.1, 0.15) is 11.6 Å². The molecule has 1 amide bonds. The Balaban J connectivity index is 1.73. The summed E-state index contributed by atoms with van der Waals surface area (Å²) in [6, 6.07) is 15.9. The van der Waals surface area contributed by atoms with Crippen molar-refractivity contribution in [2.24, 2.45) is 0 Å². The van der Waals surface area contributed by atoms with Gasteiger partial charge in [-0.3, -0.25) is 4.79 Å². The Hall–Kier alpha value is -2.95. The number of carbonyl (C=O) groups excluding carboxylic acids is 1. The van der Waals surface area contributed by atoms with Crippen LogP contribution in [0.1, 0.15) is 23.9 Å². The summed E-state index contributed by atoms with van der Waals surface area (Å²) in [7, 11) is 0. The second-order valence-corrected chi connectivity index (χ2v) is 6.10. The van der Waals surface area contributed by atoms with Crippen molar-refractivity contribution in [3.63, 3.8) is 0 Å². The number of likely N-dealkylation sites (N-methyl/N-ethyl adjacent to an activating group) is 1. The van der Waals surface area contributed by atoms with Gasteiger partial charge in [-0.1, -0.05) is 30.3 Å². The predicted octanol–water partition coefficient (Wildman–Crippen LogP) is 4.38. The SMILES string of the molecule is CCN(Cc1cccc(F)c1)C(=O)Cc1nc(-c2ccccc2)oc1C. The molecule has 0 unspecified atom stereocenters. The maximum atomic E-state index is 13.4. The van der Waals surface area contributed by atoms with E-state index in [-0.39, 0.29) is 18.1 Å². The molecular weight excluding hydrogens is 331 g/mol. The van der Waals surface area contributed by atoms with Crippen molar-refractivity contribution in [3.05, 3.63) is 77.4 Å². The number of hydrogen-bond acceptors (Lipinski definition) is 3. The van der Waals surface area contributed by atoms with Crippen molar-refractivity contribution < 1.29 is 13.6 Å². The number of benzene rings is 2. The number of halogens is 1. The third kappa shape index (κ3) is 4.17. The molecule has 0 spiro atoms. The van der Waals surface area contributed by atoms with Gasteiger partial charge in [0, 0.05) is 18.7 Å². The Bertz CT molecular complexity index is 890. The fourth-order valence-corrected chi connectivity index (χ4v) is 2.78. The lowest BCUT2D eigenvalue weighted by Crippen LogP contribution is -2.31. The topological polar surface area (TPSA) is 46.3 Å². The van der Waals surface area contributed by atoms with Gasteiger partial charge in [0.25, 0.3) is 0 Å². The largest absolute Gasteiger partial charge is 0.441 e. The van der Waals surface area contributed by atoms with Crippen LogP contribution >= 0.6 is 0 Å². The average Bonchev–Trinajstić information content (AvgIpc) is 3.01. The minimum Gasteiger partial charge on any atom is -0.441 e. The molecule has 3 aromatic rings. The summed E-state index contributed by atoms with van der Waals surface area (Å²) in [6.07, 6.45) is 0.158. The van der Waals surface area contributed by atoms with Crippen molar-refractivity contribution in [2.75, 3.05) is 6.54 Å². The highest BCUT2D eigenvalue weighted by Gasteiger charge is 2.18. The summed E-state index contributed by atoms with van der Waals surface area (Å²) >= 11 is 0. The smallest absolute Gasteiger partial charge is 0.229 e. The summed E-state index contributed by atoms with van der Waals surface area (Å²) in [5.74, 6) is 0.789. The molecular formula is C21H21FN2O2. The third-order valence-electron chi connectivity index (χ3n) is 4.23. The molecule has 0 fully saturated rings. The summed E-state index contributed by atoms with van der Waals surface area (Å²) in [6.45, 7) is 4.63. The van der Waals surface area contributed by atoms with Gasteiger partial charge in [-0.15, -0.1) is 0 Å². The van der Waals surface area contributed by atoms with Crippen LogP contribution in [0.5, 0.6) is 0 Å². The van der Waals surface area contributed by atoms with E-state index >= 15 is 0 Å². The standard InChI is InChI=1S/C21H21FN2O2/c1-3-24(14-16-8-7-11-18(22)12-16)20(25)13-19-15(2)26-21(23-19)17-9-5-4-6-10-17/h4-12H,3,13-14H2,1-2H3. The number of aryl methyl sites for hydroxylation is 1. The Morgan fingerprint density at radius 2 is 1.92 bits per heavy atom. The number of hydrogen-bond donors (Lipinski definition) is 0. The van der Waals surface area contributed by atoms with Gasteiger partial charge in [-0.25, -0.2) is 9.37 Å². The van der Waals surface area contributed by atoms with Gasteiger partial charge in [-0.2, -0.15) is 0 Å². The van der Waals surface area contributed by atoms with Gasteiger partial charge in [0.2, 0.25) is 11.8 Å². The van der Waals surface area contributed by atoms with Gasteiger partial charge in [0.05, 0.1) is 12.1 Å². The van der Waals surface area contributed by atoms with Crippen LogP contribution in [0, 0.1) is 12.7 Å². The molecule has 1 aromatic heterocycles. The molecule has 0 bridgehead atoms. The highest BCUT2D eigenvalue weighted by Crippen LogP contribution is 2.22. The highest BCUT2D eigenvalue weighted by molar-refractivity contribution is 5.78. The Morgan fingerprint density at radius 1 is 1.15 bits per heavy atom. The first-order chi connectivity index (χ1) is 12.6. The predicted molar refractivity (Wildman–Crippen MR) is 97.9 cm³/mol.